The number of aromatic nitrogens is 1. The van der Waals surface area contributed by atoms with Crippen molar-refractivity contribution in [1.29, 1.82) is 0 Å². The van der Waals surface area contributed by atoms with Gasteiger partial charge in [-0.3, -0.25) is 4.79 Å². The number of benzene rings is 2. The number of nitrogens with zero attached hydrogens (tertiary/aromatic N) is 3. The zero-order valence-corrected chi connectivity index (χ0v) is 18.6. The summed E-state index contributed by atoms with van der Waals surface area (Å²) in [7, 11) is 0. The first-order chi connectivity index (χ1) is 15.5. The van der Waals surface area contributed by atoms with Gasteiger partial charge >= 0.3 is 6.09 Å². The molecule has 0 bridgehead atoms. The van der Waals surface area contributed by atoms with Crippen LogP contribution in [0.3, 0.4) is 0 Å². The molecule has 1 aromatic heterocycles. The molecule has 7 nitrogen and oxygen atoms in total. The number of carbonyl (C=O) groups excluding carboxylic acids is 2. The van der Waals surface area contributed by atoms with E-state index in [0.717, 1.165) is 23.1 Å². The summed E-state index contributed by atoms with van der Waals surface area (Å²) in [5, 5.41) is 1.35. The van der Waals surface area contributed by atoms with E-state index in [2.05, 4.69) is 0 Å². The molecular weight excluding hydrogens is 428 g/mol. The van der Waals surface area contributed by atoms with Crippen molar-refractivity contribution >= 4 is 34.5 Å². The van der Waals surface area contributed by atoms with Crippen LogP contribution in [-0.2, 0) is 4.74 Å². The molecular formula is C24H25ClN4O3. The van der Waals surface area contributed by atoms with E-state index in [1.807, 2.05) is 43.3 Å². The van der Waals surface area contributed by atoms with E-state index in [-0.39, 0.29) is 12.5 Å². The van der Waals surface area contributed by atoms with Gasteiger partial charge in [-0.05, 0) is 24.6 Å². The highest BCUT2D eigenvalue weighted by Gasteiger charge is 2.31. The minimum Gasteiger partial charge on any atom is -0.449 e. The summed E-state index contributed by atoms with van der Waals surface area (Å²) < 4.78 is 5.17. The molecule has 32 heavy (non-hydrogen) atoms. The summed E-state index contributed by atoms with van der Waals surface area (Å²) in [6, 6.07) is 16.8. The second-order valence-corrected chi connectivity index (χ2v) is 8.12. The smallest absolute Gasteiger partial charge is 0.409 e. The molecule has 1 aliphatic rings. The van der Waals surface area contributed by atoms with Gasteiger partial charge in [-0.1, -0.05) is 54.9 Å². The first-order valence-corrected chi connectivity index (χ1v) is 11.0. The molecule has 2 N–H and O–H groups in total. The fourth-order valence-corrected chi connectivity index (χ4v) is 4.01. The maximum Gasteiger partial charge on any atom is 0.409 e. The quantitative estimate of drug-likeness (QED) is 0.642. The van der Waals surface area contributed by atoms with Crippen LogP contribution in [-0.4, -0.2) is 59.2 Å². The van der Waals surface area contributed by atoms with Crippen molar-refractivity contribution in [1.82, 2.24) is 14.8 Å². The third-order valence-electron chi connectivity index (χ3n) is 5.44. The van der Waals surface area contributed by atoms with Crippen molar-refractivity contribution < 1.29 is 14.3 Å². The zero-order valence-electron chi connectivity index (χ0n) is 17.8. The fourth-order valence-electron chi connectivity index (χ4n) is 3.75. The van der Waals surface area contributed by atoms with Gasteiger partial charge in [0.25, 0.3) is 5.91 Å². The fraction of sp³-hybridized carbons (Fsp3) is 0.292. The number of hydrogen-bond acceptors (Lipinski definition) is 5. The topological polar surface area (TPSA) is 88.8 Å². The molecule has 1 atom stereocenters. The van der Waals surface area contributed by atoms with Gasteiger partial charge in [0, 0.05) is 29.6 Å². The van der Waals surface area contributed by atoms with Crippen molar-refractivity contribution in [3.05, 3.63) is 65.2 Å². The number of hydrogen-bond donors (Lipinski definition) is 1. The van der Waals surface area contributed by atoms with Gasteiger partial charge in [-0.15, -0.1) is 0 Å². The number of rotatable bonds is 4. The summed E-state index contributed by atoms with van der Waals surface area (Å²) >= 11 is 6.49. The minimum absolute atomic E-state index is 0.205. The van der Waals surface area contributed by atoms with Gasteiger partial charge < -0.3 is 20.3 Å². The summed E-state index contributed by atoms with van der Waals surface area (Å²) in [6.45, 7) is 3.23. The highest BCUT2D eigenvalue weighted by molar-refractivity contribution is 6.35. The van der Waals surface area contributed by atoms with Crippen molar-refractivity contribution in [2.75, 3.05) is 26.2 Å². The van der Waals surface area contributed by atoms with Crippen LogP contribution in [0.25, 0.3) is 22.2 Å². The lowest BCUT2D eigenvalue weighted by Gasteiger charge is -2.39. The summed E-state index contributed by atoms with van der Waals surface area (Å²) in [4.78, 5) is 33.1. The first-order valence-electron chi connectivity index (χ1n) is 10.6. The molecule has 2 amide bonds. The molecule has 4 rings (SSSR count). The molecule has 1 saturated heterocycles. The molecule has 0 aliphatic carbocycles. The third kappa shape index (κ3) is 4.54. The van der Waals surface area contributed by atoms with Crippen LogP contribution >= 0.6 is 11.6 Å². The maximum atomic E-state index is 13.2. The van der Waals surface area contributed by atoms with Crippen LogP contribution < -0.4 is 5.73 Å². The number of ether oxygens (including phenoxy) is 1. The van der Waals surface area contributed by atoms with Crippen LogP contribution in [0.1, 0.15) is 23.7 Å². The van der Waals surface area contributed by atoms with E-state index in [1.165, 1.54) is 4.90 Å². The summed E-state index contributed by atoms with van der Waals surface area (Å²) in [6.07, 6.45) is -0.261. The van der Waals surface area contributed by atoms with Crippen molar-refractivity contribution in [3.63, 3.8) is 0 Å². The molecule has 0 spiro atoms. The average Bonchev–Trinajstić information content (AvgIpc) is 2.82. The van der Waals surface area contributed by atoms with E-state index < -0.39 is 12.3 Å². The number of piperazine rings is 1. The Kier molecular flexibility index (Phi) is 6.58. The maximum absolute atomic E-state index is 13.2. The van der Waals surface area contributed by atoms with Crippen LogP contribution in [0.15, 0.2) is 54.6 Å². The van der Waals surface area contributed by atoms with Gasteiger partial charge in [-0.25, -0.2) is 9.78 Å². The Morgan fingerprint density at radius 3 is 2.66 bits per heavy atom. The monoisotopic (exact) mass is 452 g/mol. The molecule has 8 heteroatoms. The molecule has 1 fully saturated rings. The molecule has 2 aromatic carbocycles. The number of nitrogens with two attached hydrogens (primary N) is 1. The van der Waals surface area contributed by atoms with Gasteiger partial charge in [-0.2, -0.15) is 0 Å². The first kappa shape index (κ1) is 22.0. The number of carbonyl (C=O) groups is 2. The standard InChI is InChI=1S/C24H25ClN4O3/c1-2-12-32-24(31)28-10-11-29(22(26)15-28)23(30)17-8-9-18-19(25)14-20(27-21(18)13-17)16-6-4-3-5-7-16/h3-9,13-14,22H,2,10-12,15,26H2,1H3/t22-/m0/s1. The molecule has 0 unspecified atom stereocenters. The highest BCUT2D eigenvalue weighted by Crippen LogP contribution is 2.29. The Hall–Kier alpha value is -3.16. The molecule has 1 aliphatic heterocycles. The van der Waals surface area contributed by atoms with Gasteiger partial charge in [0.1, 0.15) is 0 Å². The zero-order chi connectivity index (χ0) is 22.7. The second kappa shape index (κ2) is 9.54. The summed E-state index contributed by atoms with van der Waals surface area (Å²) in [5.41, 5.74) is 9.03. The Morgan fingerprint density at radius 1 is 1.16 bits per heavy atom. The normalized spacial score (nSPS) is 16.3. The average molecular weight is 453 g/mol. The lowest BCUT2D eigenvalue weighted by molar-refractivity contribution is 0.0392. The highest BCUT2D eigenvalue weighted by atomic mass is 35.5. The summed E-state index contributed by atoms with van der Waals surface area (Å²) in [5.74, 6) is -0.205. The Bertz CT molecular complexity index is 1140. The lowest BCUT2D eigenvalue weighted by atomic mass is 10.1. The van der Waals surface area contributed by atoms with Gasteiger partial charge in [0.2, 0.25) is 0 Å². The number of amides is 2. The third-order valence-corrected chi connectivity index (χ3v) is 5.76. The number of pyridine rings is 1. The Labute approximate surface area is 191 Å². The van der Waals surface area contributed by atoms with E-state index in [9.17, 15) is 9.59 Å². The van der Waals surface area contributed by atoms with E-state index in [1.54, 1.807) is 23.1 Å². The minimum atomic E-state index is -0.617. The molecule has 2 heterocycles. The van der Waals surface area contributed by atoms with Crippen LogP contribution in [0, 0.1) is 0 Å². The van der Waals surface area contributed by atoms with E-state index in [0.29, 0.717) is 35.8 Å². The second-order valence-electron chi connectivity index (χ2n) is 7.71. The van der Waals surface area contributed by atoms with Crippen molar-refractivity contribution in [2.24, 2.45) is 5.73 Å². The predicted octanol–water partition coefficient (Wildman–Crippen LogP) is 4.14. The molecule has 0 radical (unpaired) electrons. The van der Waals surface area contributed by atoms with Crippen LogP contribution in [0.2, 0.25) is 5.02 Å². The number of fused-ring (bicyclic) bond motifs is 1. The predicted molar refractivity (Wildman–Crippen MR) is 124 cm³/mol. The Balaban J connectivity index is 1.55. The van der Waals surface area contributed by atoms with Crippen molar-refractivity contribution in [3.8, 4) is 11.3 Å². The van der Waals surface area contributed by atoms with Crippen LogP contribution in [0.5, 0.6) is 0 Å². The Morgan fingerprint density at radius 2 is 1.94 bits per heavy atom. The van der Waals surface area contributed by atoms with Crippen LogP contribution in [0.4, 0.5) is 4.79 Å². The van der Waals surface area contributed by atoms with Gasteiger partial charge in [0.05, 0.1) is 35.6 Å². The molecule has 0 saturated carbocycles. The molecule has 166 valence electrons. The van der Waals surface area contributed by atoms with Crippen molar-refractivity contribution in [2.45, 2.75) is 19.5 Å². The van der Waals surface area contributed by atoms with E-state index >= 15 is 0 Å². The SMILES string of the molecule is CCCOC(=O)N1CCN(C(=O)c2ccc3c(Cl)cc(-c4ccccc4)nc3c2)[C@H](N)C1. The number of halogens is 1. The largest absolute Gasteiger partial charge is 0.449 e. The van der Waals surface area contributed by atoms with Gasteiger partial charge in [0.15, 0.2) is 0 Å². The van der Waals surface area contributed by atoms with E-state index in [4.69, 9.17) is 27.1 Å². The lowest BCUT2D eigenvalue weighted by Crippen LogP contribution is -2.60. The molecule has 3 aromatic rings.